The molecule has 0 aromatic heterocycles. The quantitative estimate of drug-likeness (QED) is 0.635. The standard InChI is InChI=1S/C15H26NO3/c1-12(2)16(4,5)15(3,17)11-19-14-9-7-13(18-6)8-10-14/h7-10,12,17H,11H2,1-6H3/q+1. The van der Waals surface area contributed by atoms with Crippen LogP contribution in [0.2, 0.25) is 0 Å². The number of hydrogen-bond acceptors (Lipinski definition) is 3. The van der Waals surface area contributed by atoms with Crippen LogP contribution in [0.3, 0.4) is 0 Å². The van der Waals surface area contributed by atoms with E-state index in [1.807, 2.05) is 38.4 Å². The summed E-state index contributed by atoms with van der Waals surface area (Å²) in [7, 11) is 5.63. The predicted octanol–water partition coefficient (Wildman–Crippen LogP) is 2.27. The molecule has 0 saturated heterocycles. The number of ether oxygens (including phenoxy) is 2. The average Bonchev–Trinajstić information content (AvgIpc) is 2.36. The van der Waals surface area contributed by atoms with Gasteiger partial charge in [-0.15, -0.1) is 0 Å². The Bertz CT molecular complexity index is 396. The van der Waals surface area contributed by atoms with E-state index < -0.39 is 5.72 Å². The molecule has 0 spiro atoms. The van der Waals surface area contributed by atoms with E-state index in [9.17, 15) is 5.11 Å². The van der Waals surface area contributed by atoms with E-state index >= 15 is 0 Å². The van der Waals surface area contributed by atoms with Crippen LogP contribution in [-0.2, 0) is 0 Å². The second kappa shape index (κ2) is 5.80. The lowest BCUT2D eigenvalue weighted by molar-refractivity contribution is -0.982. The van der Waals surface area contributed by atoms with Gasteiger partial charge in [-0.05, 0) is 38.1 Å². The summed E-state index contributed by atoms with van der Waals surface area (Å²) in [6.45, 7) is 6.21. The fourth-order valence-corrected chi connectivity index (χ4v) is 1.61. The molecule has 0 saturated carbocycles. The minimum Gasteiger partial charge on any atom is -0.497 e. The Hall–Kier alpha value is -1.26. The fraction of sp³-hybridized carbons (Fsp3) is 0.600. The number of benzene rings is 1. The van der Waals surface area contributed by atoms with Crippen LogP contribution in [0.5, 0.6) is 11.5 Å². The van der Waals surface area contributed by atoms with Gasteiger partial charge < -0.3 is 14.6 Å². The van der Waals surface area contributed by atoms with Gasteiger partial charge in [0, 0.05) is 6.92 Å². The summed E-state index contributed by atoms with van der Waals surface area (Å²) in [5, 5.41) is 10.6. The van der Waals surface area contributed by atoms with Gasteiger partial charge in [-0.2, -0.15) is 0 Å². The van der Waals surface area contributed by atoms with E-state index in [1.54, 1.807) is 14.0 Å². The molecule has 19 heavy (non-hydrogen) atoms. The van der Waals surface area contributed by atoms with Crippen molar-refractivity contribution in [2.45, 2.75) is 32.5 Å². The summed E-state index contributed by atoms with van der Waals surface area (Å²) < 4.78 is 11.3. The topological polar surface area (TPSA) is 38.7 Å². The van der Waals surface area contributed by atoms with Gasteiger partial charge in [0.15, 0.2) is 6.61 Å². The lowest BCUT2D eigenvalue weighted by atomic mass is 10.1. The van der Waals surface area contributed by atoms with Crippen molar-refractivity contribution in [1.29, 1.82) is 0 Å². The summed E-state index contributed by atoms with van der Waals surface area (Å²) in [6, 6.07) is 7.66. The molecular formula is C15H26NO3+. The fourth-order valence-electron chi connectivity index (χ4n) is 1.61. The molecule has 1 atom stereocenters. The molecule has 1 rings (SSSR count). The van der Waals surface area contributed by atoms with Crippen molar-refractivity contribution in [2.24, 2.45) is 0 Å². The van der Waals surface area contributed by atoms with Crippen LogP contribution in [-0.4, -0.2) is 49.2 Å². The zero-order chi connectivity index (χ0) is 14.7. The highest BCUT2D eigenvalue weighted by atomic mass is 16.5. The first-order valence-electron chi connectivity index (χ1n) is 6.53. The Balaban J connectivity index is 2.69. The normalized spacial score (nSPS) is 15.2. The zero-order valence-electron chi connectivity index (χ0n) is 12.8. The number of methoxy groups -OCH3 is 1. The second-order valence-corrected chi connectivity index (χ2v) is 5.81. The van der Waals surface area contributed by atoms with E-state index in [4.69, 9.17) is 9.47 Å². The third-order valence-electron chi connectivity index (χ3n) is 4.10. The van der Waals surface area contributed by atoms with Crippen LogP contribution in [0.4, 0.5) is 0 Å². The number of rotatable bonds is 6. The molecule has 4 nitrogen and oxygen atoms in total. The monoisotopic (exact) mass is 268 g/mol. The van der Waals surface area contributed by atoms with Crippen molar-refractivity contribution in [3.63, 3.8) is 0 Å². The Kier molecular flexibility index (Phi) is 4.82. The Labute approximate surface area is 116 Å². The predicted molar refractivity (Wildman–Crippen MR) is 76.4 cm³/mol. The van der Waals surface area contributed by atoms with Gasteiger partial charge in [0.1, 0.15) is 11.5 Å². The van der Waals surface area contributed by atoms with Crippen LogP contribution >= 0.6 is 0 Å². The number of aliphatic hydroxyl groups is 1. The van der Waals surface area contributed by atoms with Crippen LogP contribution in [0.15, 0.2) is 24.3 Å². The van der Waals surface area contributed by atoms with Crippen LogP contribution in [0, 0.1) is 0 Å². The van der Waals surface area contributed by atoms with Crippen molar-refractivity contribution >= 4 is 0 Å². The highest BCUT2D eigenvalue weighted by Gasteiger charge is 2.42. The molecule has 4 heteroatoms. The average molecular weight is 268 g/mol. The van der Waals surface area contributed by atoms with Gasteiger partial charge in [-0.3, -0.25) is 4.48 Å². The van der Waals surface area contributed by atoms with Crippen molar-refractivity contribution in [3.05, 3.63) is 24.3 Å². The first kappa shape index (κ1) is 15.8. The van der Waals surface area contributed by atoms with Gasteiger partial charge in [0.2, 0.25) is 5.72 Å². The first-order chi connectivity index (χ1) is 8.70. The number of quaternary nitrogens is 1. The second-order valence-electron chi connectivity index (χ2n) is 5.81. The molecule has 0 amide bonds. The molecule has 1 unspecified atom stereocenters. The lowest BCUT2D eigenvalue weighted by Crippen LogP contribution is -2.64. The minimum atomic E-state index is -0.950. The van der Waals surface area contributed by atoms with E-state index in [-0.39, 0.29) is 6.61 Å². The van der Waals surface area contributed by atoms with Crippen molar-refractivity contribution in [1.82, 2.24) is 0 Å². The summed E-state index contributed by atoms with van der Waals surface area (Å²) in [4.78, 5) is 0. The highest BCUT2D eigenvalue weighted by molar-refractivity contribution is 5.31. The summed E-state index contributed by atoms with van der Waals surface area (Å²) >= 11 is 0. The van der Waals surface area contributed by atoms with E-state index in [0.717, 1.165) is 11.5 Å². The molecule has 108 valence electrons. The van der Waals surface area contributed by atoms with Gasteiger partial charge in [0.25, 0.3) is 0 Å². The summed E-state index contributed by atoms with van der Waals surface area (Å²) in [5.74, 6) is 1.52. The highest BCUT2D eigenvalue weighted by Crippen LogP contribution is 2.24. The maximum Gasteiger partial charge on any atom is 0.232 e. The van der Waals surface area contributed by atoms with E-state index in [1.165, 1.54) is 0 Å². The minimum absolute atomic E-state index is 0.241. The van der Waals surface area contributed by atoms with Crippen molar-refractivity contribution in [2.75, 3.05) is 27.8 Å². The number of likely N-dealkylation sites (N-methyl/N-ethyl adjacent to an activating group) is 1. The van der Waals surface area contributed by atoms with Crippen LogP contribution < -0.4 is 9.47 Å². The molecule has 1 N–H and O–H groups in total. The Morgan fingerprint density at radius 1 is 1.16 bits per heavy atom. The van der Waals surface area contributed by atoms with Gasteiger partial charge >= 0.3 is 0 Å². The molecule has 0 aliphatic carbocycles. The first-order valence-corrected chi connectivity index (χ1v) is 6.53. The third kappa shape index (κ3) is 3.61. The number of hydrogen-bond donors (Lipinski definition) is 1. The van der Waals surface area contributed by atoms with Crippen LogP contribution in [0.1, 0.15) is 20.8 Å². The summed E-state index contributed by atoms with van der Waals surface area (Å²) in [6.07, 6.45) is 0. The van der Waals surface area contributed by atoms with Gasteiger partial charge in [-0.1, -0.05) is 0 Å². The van der Waals surface area contributed by atoms with Crippen LogP contribution in [0.25, 0.3) is 0 Å². The molecule has 1 aromatic rings. The molecule has 0 bridgehead atoms. The SMILES string of the molecule is COc1ccc(OCC(C)(O)[N+](C)(C)C(C)C)cc1. The Morgan fingerprint density at radius 2 is 1.63 bits per heavy atom. The van der Waals surface area contributed by atoms with Gasteiger partial charge in [-0.25, -0.2) is 0 Å². The lowest BCUT2D eigenvalue weighted by Gasteiger charge is -2.45. The molecule has 0 aliphatic rings. The van der Waals surface area contributed by atoms with E-state index in [0.29, 0.717) is 10.5 Å². The molecule has 0 aliphatic heterocycles. The van der Waals surface area contributed by atoms with Crippen molar-refractivity contribution < 1.29 is 19.1 Å². The maximum atomic E-state index is 10.6. The molecule has 0 fully saturated rings. The maximum absolute atomic E-state index is 10.6. The largest absolute Gasteiger partial charge is 0.497 e. The zero-order valence-corrected chi connectivity index (χ0v) is 12.8. The Morgan fingerprint density at radius 3 is 2.05 bits per heavy atom. The smallest absolute Gasteiger partial charge is 0.232 e. The molecule has 0 heterocycles. The molecule has 0 radical (unpaired) electrons. The molecular weight excluding hydrogens is 242 g/mol. The molecule has 1 aromatic carbocycles. The van der Waals surface area contributed by atoms with Crippen molar-refractivity contribution in [3.8, 4) is 11.5 Å². The number of nitrogens with zero attached hydrogens (tertiary/aromatic N) is 1. The van der Waals surface area contributed by atoms with E-state index in [2.05, 4.69) is 13.8 Å². The van der Waals surface area contributed by atoms with Gasteiger partial charge in [0.05, 0.1) is 27.2 Å². The third-order valence-corrected chi connectivity index (χ3v) is 4.10. The summed E-state index contributed by atoms with van der Waals surface area (Å²) in [5.41, 5.74) is -0.950.